The first kappa shape index (κ1) is 20.6. The molecular weight excluding hydrogens is 394 g/mol. The van der Waals surface area contributed by atoms with E-state index < -0.39 is 21.9 Å². The standard InChI is InChI=1S/C21H21NO6S/c1-12-6-7-13(2)19(10-12)29(25,26)22(15(4)23)16-8-9-18-17(11-16)20(14(3)28-18)21(24)27-5/h6-11H,1-5H3. The number of furan rings is 1. The molecular formula is C21H21NO6S. The number of esters is 1. The minimum atomic E-state index is -4.17. The molecule has 1 amide bonds. The quantitative estimate of drug-likeness (QED) is 0.600. The van der Waals surface area contributed by atoms with E-state index in [4.69, 9.17) is 9.15 Å². The highest BCUT2D eigenvalue weighted by atomic mass is 32.2. The minimum Gasteiger partial charge on any atom is -0.465 e. The summed E-state index contributed by atoms with van der Waals surface area (Å²) in [7, 11) is -2.92. The van der Waals surface area contributed by atoms with Crippen LogP contribution in [-0.2, 0) is 19.6 Å². The van der Waals surface area contributed by atoms with Crippen molar-refractivity contribution in [2.45, 2.75) is 32.6 Å². The molecule has 0 unspecified atom stereocenters. The number of anilines is 1. The largest absolute Gasteiger partial charge is 0.465 e. The van der Waals surface area contributed by atoms with Gasteiger partial charge in [-0.25, -0.2) is 17.5 Å². The summed E-state index contributed by atoms with van der Waals surface area (Å²) in [5.41, 5.74) is 1.97. The summed E-state index contributed by atoms with van der Waals surface area (Å²) in [4.78, 5) is 24.6. The van der Waals surface area contributed by atoms with Crippen LogP contribution in [0.4, 0.5) is 5.69 Å². The summed E-state index contributed by atoms with van der Waals surface area (Å²) in [6, 6.07) is 9.46. The first-order chi connectivity index (χ1) is 13.6. The number of hydrogen-bond acceptors (Lipinski definition) is 6. The van der Waals surface area contributed by atoms with Crippen molar-refractivity contribution < 1.29 is 27.2 Å². The second kappa shape index (κ2) is 7.36. The maximum atomic E-state index is 13.4. The van der Waals surface area contributed by atoms with E-state index in [2.05, 4.69) is 0 Å². The van der Waals surface area contributed by atoms with Gasteiger partial charge in [0.05, 0.1) is 17.7 Å². The van der Waals surface area contributed by atoms with Crippen molar-refractivity contribution in [1.29, 1.82) is 0 Å². The van der Waals surface area contributed by atoms with Crippen molar-refractivity contribution >= 4 is 38.6 Å². The molecule has 0 saturated heterocycles. The Kier molecular flexibility index (Phi) is 5.23. The molecule has 0 aliphatic heterocycles. The number of nitrogens with zero attached hydrogens (tertiary/aromatic N) is 1. The summed E-state index contributed by atoms with van der Waals surface area (Å²) >= 11 is 0. The number of fused-ring (bicyclic) bond motifs is 1. The molecule has 29 heavy (non-hydrogen) atoms. The summed E-state index contributed by atoms with van der Waals surface area (Å²) in [6.45, 7) is 6.23. The van der Waals surface area contributed by atoms with E-state index in [9.17, 15) is 18.0 Å². The van der Waals surface area contributed by atoms with Gasteiger partial charge in [-0.15, -0.1) is 0 Å². The first-order valence-electron chi connectivity index (χ1n) is 8.82. The second-order valence-corrected chi connectivity index (χ2v) is 8.52. The van der Waals surface area contributed by atoms with Crippen molar-refractivity contribution in [3.8, 4) is 0 Å². The summed E-state index contributed by atoms with van der Waals surface area (Å²) in [5.74, 6) is -0.939. The second-order valence-electron chi connectivity index (χ2n) is 6.76. The smallest absolute Gasteiger partial charge is 0.342 e. The molecule has 0 aliphatic rings. The van der Waals surface area contributed by atoms with Gasteiger partial charge in [-0.05, 0) is 56.2 Å². The van der Waals surface area contributed by atoms with Crippen molar-refractivity contribution in [3.05, 3.63) is 58.8 Å². The molecule has 0 aliphatic carbocycles. The molecule has 2 aromatic carbocycles. The number of benzene rings is 2. The van der Waals surface area contributed by atoms with Crippen LogP contribution in [0, 0.1) is 20.8 Å². The first-order valence-corrected chi connectivity index (χ1v) is 10.3. The van der Waals surface area contributed by atoms with Crippen LogP contribution in [0.2, 0.25) is 0 Å². The highest BCUT2D eigenvalue weighted by Crippen LogP contribution is 2.33. The molecule has 8 heteroatoms. The van der Waals surface area contributed by atoms with Crippen LogP contribution < -0.4 is 4.31 Å². The zero-order valence-corrected chi connectivity index (χ0v) is 17.6. The highest BCUT2D eigenvalue weighted by molar-refractivity contribution is 7.93. The number of aryl methyl sites for hydroxylation is 3. The Bertz CT molecular complexity index is 1240. The van der Waals surface area contributed by atoms with Crippen LogP contribution in [0.25, 0.3) is 11.0 Å². The maximum Gasteiger partial charge on any atom is 0.342 e. The molecule has 0 spiro atoms. The molecule has 3 aromatic rings. The van der Waals surface area contributed by atoms with Crippen LogP contribution in [0.3, 0.4) is 0 Å². The average molecular weight is 415 g/mol. The van der Waals surface area contributed by atoms with Crippen molar-refractivity contribution in [1.82, 2.24) is 0 Å². The van der Waals surface area contributed by atoms with Crippen molar-refractivity contribution in [2.75, 3.05) is 11.4 Å². The Balaban J connectivity index is 2.25. The van der Waals surface area contributed by atoms with E-state index in [1.807, 2.05) is 0 Å². The number of methoxy groups -OCH3 is 1. The van der Waals surface area contributed by atoms with Gasteiger partial charge in [-0.1, -0.05) is 12.1 Å². The van der Waals surface area contributed by atoms with Gasteiger partial charge in [0, 0.05) is 12.3 Å². The molecule has 1 aromatic heterocycles. The lowest BCUT2D eigenvalue weighted by Gasteiger charge is -2.22. The van der Waals surface area contributed by atoms with Crippen LogP contribution in [0.15, 0.2) is 45.7 Å². The van der Waals surface area contributed by atoms with Gasteiger partial charge < -0.3 is 9.15 Å². The molecule has 0 bridgehead atoms. The lowest BCUT2D eigenvalue weighted by Crippen LogP contribution is -2.35. The number of amides is 1. The Morgan fingerprint density at radius 3 is 2.34 bits per heavy atom. The molecule has 7 nitrogen and oxygen atoms in total. The predicted molar refractivity (Wildman–Crippen MR) is 109 cm³/mol. The Morgan fingerprint density at radius 2 is 1.72 bits per heavy atom. The van der Waals surface area contributed by atoms with E-state index in [0.29, 0.717) is 22.3 Å². The molecule has 3 rings (SSSR count). The lowest BCUT2D eigenvalue weighted by atomic mass is 10.1. The van der Waals surface area contributed by atoms with E-state index in [1.54, 1.807) is 32.9 Å². The highest BCUT2D eigenvalue weighted by Gasteiger charge is 2.31. The van der Waals surface area contributed by atoms with Gasteiger partial charge >= 0.3 is 5.97 Å². The van der Waals surface area contributed by atoms with Gasteiger partial charge in [0.1, 0.15) is 16.9 Å². The third-order valence-electron chi connectivity index (χ3n) is 4.62. The number of hydrogen-bond donors (Lipinski definition) is 0. The number of rotatable bonds is 4. The van der Waals surface area contributed by atoms with Crippen molar-refractivity contribution in [3.63, 3.8) is 0 Å². The van der Waals surface area contributed by atoms with E-state index in [0.717, 1.165) is 9.87 Å². The molecule has 0 fully saturated rings. The fourth-order valence-electron chi connectivity index (χ4n) is 3.26. The molecule has 0 atom stereocenters. The normalized spacial score (nSPS) is 11.5. The lowest BCUT2D eigenvalue weighted by molar-refractivity contribution is -0.115. The van der Waals surface area contributed by atoms with Gasteiger partial charge in [0.2, 0.25) is 5.91 Å². The summed E-state index contributed by atoms with van der Waals surface area (Å²) in [6.07, 6.45) is 0. The Hall–Kier alpha value is -3.13. The molecule has 152 valence electrons. The number of carbonyl (C=O) groups excluding carboxylic acids is 2. The zero-order chi connectivity index (χ0) is 21.5. The summed E-state index contributed by atoms with van der Waals surface area (Å²) < 4.78 is 37.8. The average Bonchev–Trinajstić information content (AvgIpc) is 2.97. The Morgan fingerprint density at radius 1 is 1.03 bits per heavy atom. The van der Waals surface area contributed by atoms with Gasteiger partial charge in [0.25, 0.3) is 10.0 Å². The monoisotopic (exact) mass is 415 g/mol. The van der Waals surface area contributed by atoms with Crippen LogP contribution in [-0.4, -0.2) is 27.4 Å². The molecule has 1 heterocycles. The maximum absolute atomic E-state index is 13.4. The minimum absolute atomic E-state index is 0.0457. The molecule has 0 saturated carbocycles. The van der Waals surface area contributed by atoms with E-state index >= 15 is 0 Å². The SMILES string of the molecule is COC(=O)c1c(C)oc2ccc(N(C(C)=O)S(=O)(=O)c3cc(C)ccc3C)cc12. The fourth-order valence-corrected chi connectivity index (χ4v) is 5.00. The molecule has 0 N–H and O–H groups in total. The van der Waals surface area contributed by atoms with E-state index in [1.165, 1.54) is 38.3 Å². The van der Waals surface area contributed by atoms with Gasteiger partial charge in [0.15, 0.2) is 0 Å². The van der Waals surface area contributed by atoms with Crippen LogP contribution in [0.1, 0.15) is 34.2 Å². The molecule has 0 radical (unpaired) electrons. The third-order valence-corrected chi connectivity index (χ3v) is 6.56. The number of carbonyl (C=O) groups is 2. The number of sulfonamides is 1. The summed E-state index contributed by atoms with van der Waals surface area (Å²) in [5, 5.41) is 0.370. The van der Waals surface area contributed by atoms with Gasteiger partial charge in [-0.3, -0.25) is 4.79 Å². The third kappa shape index (κ3) is 3.51. The van der Waals surface area contributed by atoms with E-state index in [-0.39, 0.29) is 16.1 Å². The Labute approximate surface area is 168 Å². The topological polar surface area (TPSA) is 93.9 Å². The van der Waals surface area contributed by atoms with Gasteiger partial charge in [-0.2, -0.15) is 0 Å². The van der Waals surface area contributed by atoms with Crippen LogP contribution >= 0.6 is 0 Å². The fraction of sp³-hybridized carbons (Fsp3) is 0.238. The van der Waals surface area contributed by atoms with Crippen LogP contribution in [0.5, 0.6) is 0 Å². The predicted octanol–water partition coefficient (Wildman–Crippen LogP) is 3.89. The van der Waals surface area contributed by atoms with Crippen molar-refractivity contribution in [2.24, 2.45) is 0 Å². The zero-order valence-electron chi connectivity index (χ0n) is 16.8. The number of ether oxygens (including phenoxy) is 1.